The Hall–Kier alpha value is -2.21. The number of carbonyl (C=O) groups is 1. The molecule has 1 unspecified atom stereocenters. The summed E-state index contributed by atoms with van der Waals surface area (Å²) in [7, 11) is 0. The summed E-state index contributed by atoms with van der Waals surface area (Å²) in [5.74, 6) is 0.753. The van der Waals surface area contributed by atoms with Crippen LogP contribution < -0.4 is 0 Å². The van der Waals surface area contributed by atoms with Crippen LogP contribution in [0.1, 0.15) is 49.1 Å². The number of rotatable bonds is 6. The molecule has 2 aromatic rings. The second kappa shape index (κ2) is 8.45. The molecule has 0 radical (unpaired) electrons. The highest BCUT2D eigenvalue weighted by Gasteiger charge is 2.23. The zero-order valence-corrected chi connectivity index (χ0v) is 15.6. The van der Waals surface area contributed by atoms with Gasteiger partial charge in [-0.1, -0.05) is 29.5 Å². The van der Waals surface area contributed by atoms with Crippen LogP contribution in [0.2, 0.25) is 0 Å². The van der Waals surface area contributed by atoms with E-state index in [1.165, 1.54) is 11.1 Å². The molecule has 1 N–H and O–H groups in total. The van der Waals surface area contributed by atoms with Gasteiger partial charge in [0, 0.05) is 26.1 Å². The summed E-state index contributed by atoms with van der Waals surface area (Å²) in [6, 6.07) is 8.27. The normalized spacial score (nSPS) is 16.7. The maximum Gasteiger partial charge on any atom is 0.222 e. The van der Waals surface area contributed by atoms with Crippen LogP contribution in [-0.2, 0) is 17.8 Å². The number of aliphatic hydroxyl groups excluding tert-OH is 1. The Kier molecular flexibility index (Phi) is 6.04. The summed E-state index contributed by atoms with van der Waals surface area (Å²) in [5.41, 5.74) is 3.12. The van der Waals surface area contributed by atoms with Gasteiger partial charge in [0.2, 0.25) is 5.91 Å². The molecule has 140 valence electrons. The Morgan fingerprint density at radius 1 is 1.31 bits per heavy atom. The van der Waals surface area contributed by atoms with Crippen LogP contribution in [0.5, 0.6) is 0 Å². The van der Waals surface area contributed by atoms with Gasteiger partial charge in [0.25, 0.3) is 0 Å². The molecular formula is C20H28N4O2. The van der Waals surface area contributed by atoms with Crippen LogP contribution in [0.15, 0.2) is 30.5 Å². The van der Waals surface area contributed by atoms with E-state index in [9.17, 15) is 9.90 Å². The van der Waals surface area contributed by atoms with Crippen molar-refractivity contribution in [2.45, 2.75) is 52.2 Å². The van der Waals surface area contributed by atoms with Gasteiger partial charge in [0.05, 0.1) is 12.3 Å². The van der Waals surface area contributed by atoms with Crippen molar-refractivity contribution in [2.75, 3.05) is 13.1 Å². The molecule has 0 spiro atoms. The van der Waals surface area contributed by atoms with Crippen molar-refractivity contribution in [3.8, 4) is 0 Å². The SMILES string of the molecule is Cc1ccccc1CCC(=O)N1CCC(Cn2cc(C(C)O)nn2)CC1. The minimum atomic E-state index is -0.587. The first-order valence-corrected chi connectivity index (χ1v) is 9.43. The predicted molar refractivity (Wildman–Crippen MR) is 99.5 cm³/mol. The molecule has 1 aromatic carbocycles. The van der Waals surface area contributed by atoms with Gasteiger partial charge in [0.15, 0.2) is 0 Å². The van der Waals surface area contributed by atoms with E-state index in [2.05, 4.69) is 29.4 Å². The number of hydrogen-bond acceptors (Lipinski definition) is 4. The minimum absolute atomic E-state index is 0.254. The number of aryl methyl sites for hydroxylation is 2. The molecule has 1 aliphatic rings. The zero-order chi connectivity index (χ0) is 18.5. The maximum atomic E-state index is 12.5. The highest BCUT2D eigenvalue weighted by Crippen LogP contribution is 2.20. The van der Waals surface area contributed by atoms with Crippen LogP contribution in [0.25, 0.3) is 0 Å². The number of benzene rings is 1. The number of amides is 1. The molecule has 1 aliphatic heterocycles. The summed E-state index contributed by atoms with van der Waals surface area (Å²) >= 11 is 0. The average molecular weight is 356 g/mol. The van der Waals surface area contributed by atoms with Crippen molar-refractivity contribution in [1.29, 1.82) is 0 Å². The van der Waals surface area contributed by atoms with Gasteiger partial charge >= 0.3 is 0 Å². The van der Waals surface area contributed by atoms with Crippen LogP contribution in [0.4, 0.5) is 0 Å². The lowest BCUT2D eigenvalue weighted by molar-refractivity contribution is -0.132. The third kappa shape index (κ3) is 4.69. The second-order valence-electron chi connectivity index (χ2n) is 7.29. The lowest BCUT2D eigenvalue weighted by atomic mass is 9.96. The van der Waals surface area contributed by atoms with E-state index in [0.717, 1.165) is 38.9 Å². The molecule has 0 saturated carbocycles. The molecule has 26 heavy (non-hydrogen) atoms. The maximum absolute atomic E-state index is 12.5. The van der Waals surface area contributed by atoms with Crippen LogP contribution in [-0.4, -0.2) is 44.0 Å². The smallest absolute Gasteiger partial charge is 0.222 e. The van der Waals surface area contributed by atoms with Crippen molar-refractivity contribution in [3.05, 3.63) is 47.3 Å². The Morgan fingerprint density at radius 3 is 2.69 bits per heavy atom. The fourth-order valence-electron chi connectivity index (χ4n) is 3.51. The zero-order valence-electron chi connectivity index (χ0n) is 15.6. The number of aromatic nitrogens is 3. The molecule has 1 atom stereocenters. The topological polar surface area (TPSA) is 71.2 Å². The van der Waals surface area contributed by atoms with E-state index < -0.39 is 6.10 Å². The van der Waals surface area contributed by atoms with Crippen LogP contribution >= 0.6 is 0 Å². The van der Waals surface area contributed by atoms with Gasteiger partial charge in [0.1, 0.15) is 5.69 Å². The lowest BCUT2D eigenvalue weighted by Gasteiger charge is -2.32. The summed E-state index contributed by atoms with van der Waals surface area (Å²) in [5, 5.41) is 17.6. The molecule has 6 heteroatoms. The first-order chi connectivity index (χ1) is 12.5. The van der Waals surface area contributed by atoms with Gasteiger partial charge in [-0.05, 0) is 50.2 Å². The number of likely N-dealkylation sites (tertiary alicyclic amines) is 1. The molecule has 2 heterocycles. The first kappa shape index (κ1) is 18.6. The van der Waals surface area contributed by atoms with E-state index in [1.54, 1.807) is 6.92 Å². The quantitative estimate of drug-likeness (QED) is 0.863. The van der Waals surface area contributed by atoms with Crippen molar-refractivity contribution < 1.29 is 9.90 Å². The Labute approximate surface area is 154 Å². The fourth-order valence-corrected chi connectivity index (χ4v) is 3.51. The second-order valence-corrected chi connectivity index (χ2v) is 7.29. The van der Waals surface area contributed by atoms with Gasteiger partial charge in [-0.3, -0.25) is 9.48 Å². The third-order valence-corrected chi connectivity index (χ3v) is 5.27. The molecule has 3 rings (SSSR count). The van der Waals surface area contributed by atoms with Gasteiger partial charge in [-0.15, -0.1) is 5.10 Å². The van der Waals surface area contributed by atoms with Gasteiger partial charge < -0.3 is 10.0 Å². The van der Waals surface area contributed by atoms with E-state index >= 15 is 0 Å². The predicted octanol–water partition coefficient (Wildman–Crippen LogP) is 2.51. The fraction of sp³-hybridized carbons (Fsp3) is 0.550. The van der Waals surface area contributed by atoms with Crippen molar-refractivity contribution in [3.63, 3.8) is 0 Å². The number of aliphatic hydroxyl groups is 1. The average Bonchev–Trinajstić information content (AvgIpc) is 3.10. The molecule has 6 nitrogen and oxygen atoms in total. The van der Waals surface area contributed by atoms with Crippen molar-refractivity contribution in [2.24, 2.45) is 5.92 Å². The van der Waals surface area contributed by atoms with E-state index in [4.69, 9.17) is 0 Å². The highest BCUT2D eigenvalue weighted by molar-refractivity contribution is 5.76. The molecule has 1 aromatic heterocycles. The van der Waals surface area contributed by atoms with Gasteiger partial charge in [-0.2, -0.15) is 0 Å². The Balaban J connectivity index is 1.44. The Bertz CT molecular complexity index is 733. The summed E-state index contributed by atoms with van der Waals surface area (Å²) in [6.07, 6.45) is 4.59. The monoisotopic (exact) mass is 356 g/mol. The highest BCUT2D eigenvalue weighted by atomic mass is 16.3. The molecular weight excluding hydrogens is 328 g/mol. The molecule has 1 fully saturated rings. The molecule has 0 bridgehead atoms. The summed E-state index contributed by atoms with van der Waals surface area (Å²) < 4.78 is 1.81. The van der Waals surface area contributed by atoms with E-state index in [-0.39, 0.29) is 5.91 Å². The number of nitrogens with zero attached hydrogens (tertiary/aromatic N) is 4. The van der Waals surface area contributed by atoms with Crippen LogP contribution in [0.3, 0.4) is 0 Å². The number of carbonyl (C=O) groups excluding carboxylic acids is 1. The third-order valence-electron chi connectivity index (χ3n) is 5.27. The molecule has 0 aliphatic carbocycles. The van der Waals surface area contributed by atoms with Gasteiger partial charge in [-0.25, -0.2) is 0 Å². The number of piperidine rings is 1. The molecule has 1 saturated heterocycles. The minimum Gasteiger partial charge on any atom is -0.387 e. The largest absolute Gasteiger partial charge is 0.387 e. The van der Waals surface area contributed by atoms with E-state index in [0.29, 0.717) is 18.0 Å². The van der Waals surface area contributed by atoms with Crippen molar-refractivity contribution in [1.82, 2.24) is 19.9 Å². The summed E-state index contributed by atoms with van der Waals surface area (Å²) in [4.78, 5) is 14.5. The van der Waals surface area contributed by atoms with Crippen molar-refractivity contribution >= 4 is 5.91 Å². The van der Waals surface area contributed by atoms with E-state index in [1.807, 2.05) is 27.9 Å². The summed E-state index contributed by atoms with van der Waals surface area (Å²) in [6.45, 7) is 6.21. The number of hydrogen-bond donors (Lipinski definition) is 1. The van der Waals surface area contributed by atoms with Crippen LogP contribution in [0, 0.1) is 12.8 Å². The first-order valence-electron chi connectivity index (χ1n) is 9.43. The lowest BCUT2D eigenvalue weighted by Crippen LogP contribution is -2.39. The Morgan fingerprint density at radius 2 is 2.04 bits per heavy atom. The standard InChI is InChI=1S/C20H28N4O2/c1-15-5-3-4-6-18(15)7-8-20(26)23-11-9-17(10-12-23)13-24-14-19(16(2)25)21-22-24/h3-6,14,16-17,25H,7-13H2,1-2H3. The molecule has 1 amide bonds.